The molecule has 2 unspecified atom stereocenters. The van der Waals surface area contributed by atoms with Gasteiger partial charge in [-0.25, -0.2) is 0 Å². The number of nitrogens with one attached hydrogen (secondary N) is 1. The Balaban J connectivity index is 3.75. The number of hydrogen-bond donors (Lipinski definition) is 3. The Bertz CT molecular complexity index is 1320. The summed E-state index contributed by atoms with van der Waals surface area (Å²) in [7, 11) is 0. The lowest BCUT2D eigenvalue weighted by atomic mass is 10.1. The van der Waals surface area contributed by atoms with Crippen molar-refractivity contribution >= 4 is 5.91 Å². The summed E-state index contributed by atoms with van der Waals surface area (Å²) < 4.78 is 0. The maximum atomic E-state index is 12.4. The van der Waals surface area contributed by atoms with Crippen molar-refractivity contribution in [1.82, 2.24) is 5.32 Å². The molecule has 0 radical (unpaired) electrons. The van der Waals surface area contributed by atoms with Crippen molar-refractivity contribution in [3.8, 4) is 0 Å². The van der Waals surface area contributed by atoms with Crippen LogP contribution >= 0.6 is 0 Å². The SMILES string of the molecule is CC/C=C\C/C=C\C/C=C\C/C=C\C/C=C\C/C=C\C/C=C\C/C=C\C/C=C\CCCCCCCC(=O)NC(CO)C(O)/C=C/CC/C=C/CC/C=C/CCCCCCCC. The first-order valence-corrected chi connectivity index (χ1v) is 24.5. The molecule has 0 aromatic heterocycles. The molecule has 0 aromatic rings. The summed E-state index contributed by atoms with van der Waals surface area (Å²) in [4.78, 5) is 12.4. The number of carbonyl (C=O) groups is 1. The van der Waals surface area contributed by atoms with Gasteiger partial charge in [-0.3, -0.25) is 4.79 Å². The third-order valence-corrected chi connectivity index (χ3v) is 10.0. The van der Waals surface area contributed by atoms with Crippen molar-refractivity contribution in [2.24, 2.45) is 0 Å². The van der Waals surface area contributed by atoms with Crippen LogP contribution in [-0.2, 0) is 4.79 Å². The second-order valence-electron chi connectivity index (χ2n) is 15.8. The van der Waals surface area contributed by atoms with E-state index in [1.165, 1.54) is 51.4 Å². The van der Waals surface area contributed by atoms with Crippen LogP contribution in [0.3, 0.4) is 0 Å². The molecule has 0 saturated heterocycles. The van der Waals surface area contributed by atoms with Crippen molar-refractivity contribution in [1.29, 1.82) is 0 Å². The molecule has 0 rings (SSSR count). The van der Waals surface area contributed by atoms with Crippen LogP contribution in [0.5, 0.6) is 0 Å². The van der Waals surface area contributed by atoms with Gasteiger partial charge in [0.15, 0.2) is 0 Å². The molecule has 0 saturated carbocycles. The smallest absolute Gasteiger partial charge is 0.220 e. The van der Waals surface area contributed by atoms with Gasteiger partial charge in [-0.15, -0.1) is 0 Å². The first-order chi connectivity index (χ1) is 30.2. The lowest BCUT2D eigenvalue weighted by Crippen LogP contribution is -2.45. The minimum Gasteiger partial charge on any atom is -0.394 e. The largest absolute Gasteiger partial charge is 0.394 e. The highest BCUT2D eigenvalue weighted by Gasteiger charge is 2.17. The maximum absolute atomic E-state index is 12.4. The van der Waals surface area contributed by atoms with E-state index >= 15 is 0 Å². The second-order valence-corrected chi connectivity index (χ2v) is 15.8. The van der Waals surface area contributed by atoms with Gasteiger partial charge in [0.1, 0.15) is 0 Å². The summed E-state index contributed by atoms with van der Waals surface area (Å²) in [5, 5.41) is 23.0. The Hall–Kier alpha value is -3.73. The summed E-state index contributed by atoms with van der Waals surface area (Å²) in [5.41, 5.74) is 0. The van der Waals surface area contributed by atoms with Crippen molar-refractivity contribution in [2.45, 2.75) is 199 Å². The van der Waals surface area contributed by atoms with Gasteiger partial charge < -0.3 is 15.5 Å². The molecule has 0 aliphatic heterocycles. The van der Waals surface area contributed by atoms with Crippen LogP contribution in [-0.4, -0.2) is 34.9 Å². The summed E-state index contributed by atoms with van der Waals surface area (Å²) in [6.45, 7) is 4.14. The maximum Gasteiger partial charge on any atom is 0.220 e. The fourth-order valence-corrected chi connectivity index (χ4v) is 6.32. The Morgan fingerprint density at radius 1 is 0.410 bits per heavy atom. The van der Waals surface area contributed by atoms with E-state index in [1.807, 2.05) is 6.08 Å². The predicted octanol–water partition coefficient (Wildman–Crippen LogP) is 16.1. The highest BCUT2D eigenvalue weighted by atomic mass is 16.3. The van der Waals surface area contributed by atoms with E-state index in [2.05, 4.69) is 153 Å². The molecule has 1 amide bonds. The predicted molar refractivity (Wildman–Crippen MR) is 271 cm³/mol. The van der Waals surface area contributed by atoms with Crippen molar-refractivity contribution in [2.75, 3.05) is 6.61 Å². The van der Waals surface area contributed by atoms with Crippen LogP contribution in [0.15, 0.2) is 146 Å². The summed E-state index contributed by atoms with van der Waals surface area (Å²) in [6, 6.07) is -0.667. The lowest BCUT2D eigenvalue weighted by Gasteiger charge is -2.19. The topological polar surface area (TPSA) is 69.6 Å². The number of carbonyl (C=O) groups excluding carboxylic acids is 1. The van der Waals surface area contributed by atoms with E-state index in [9.17, 15) is 15.0 Å². The van der Waals surface area contributed by atoms with Gasteiger partial charge in [-0.1, -0.05) is 211 Å². The Labute approximate surface area is 376 Å². The van der Waals surface area contributed by atoms with E-state index in [4.69, 9.17) is 0 Å². The molecule has 4 nitrogen and oxygen atoms in total. The zero-order valence-electron chi connectivity index (χ0n) is 39.1. The minimum atomic E-state index is -0.889. The standard InChI is InChI=1S/C57H91NO3/c1-3-5-7-9-11-13-15-17-19-21-22-23-24-25-26-27-28-29-30-31-32-33-34-35-36-37-39-41-43-45-47-49-51-53-57(61)58-55(54-59)56(60)52-50-48-46-44-42-40-38-20-18-16-14-12-10-8-6-4-2/h5,7,11,13,17-20,22-23,25-26,28-29,31-32,34-35,37,39,42,44,50,52,55-56,59-60H,3-4,6,8-10,12,14-16,21,24,27,30,33,36,38,40-41,43,45-49,51,53-54H2,1-2H3,(H,58,61)/b7-5-,13-11-,19-17-,20-18+,23-22-,26-25-,29-28-,32-31-,35-34-,39-37-,44-42+,52-50+. The van der Waals surface area contributed by atoms with Gasteiger partial charge in [0.05, 0.1) is 18.8 Å². The Morgan fingerprint density at radius 2 is 0.738 bits per heavy atom. The van der Waals surface area contributed by atoms with Gasteiger partial charge in [-0.05, 0) is 116 Å². The molecule has 0 aliphatic rings. The molecule has 0 aliphatic carbocycles. The number of aliphatic hydroxyl groups is 2. The van der Waals surface area contributed by atoms with Gasteiger partial charge in [0, 0.05) is 6.42 Å². The molecular weight excluding hydrogens is 747 g/mol. The Kier molecular flexibility index (Phi) is 47.5. The van der Waals surface area contributed by atoms with Gasteiger partial charge >= 0.3 is 0 Å². The fraction of sp³-hybridized carbons (Fsp3) is 0.561. The van der Waals surface area contributed by atoms with Crippen molar-refractivity contribution in [3.05, 3.63) is 146 Å². The molecule has 0 bridgehead atoms. The third-order valence-electron chi connectivity index (χ3n) is 10.0. The van der Waals surface area contributed by atoms with Crippen molar-refractivity contribution < 1.29 is 15.0 Å². The lowest BCUT2D eigenvalue weighted by molar-refractivity contribution is -0.123. The number of hydrogen-bond acceptors (Lipinski definition) is 3. The Morgan fingerprint density at radius 3 is 1.15 bits per heavy atom. The quantitative estimate of drug-likeness (QED) is 0.0424. The van der Waals surface area contributed by atoms with Gasteiger partial charge in [0.2, 0.25) is 5.91 Å². The van der Waals surface area contributed by atoms with Crippen LogP contribution in [0, 0.1) is 0 Å². The summed E-state index contributed by atoms with van der Waals surface area (Å²) in [6.07, 6.45) is 81.1. The fourth-order valence-electron chi connectivity index (χ4n) is 6.32. The second kappa shape index (κ2) is 50.6. The first-order valence-electron chi connectivity index (χ1n) is 24.5. The van der Waals surface area contributed by atoms with Gasteiger partial charge in [-0.2, -0.15) is 0 Å². The average Bonchev–Trinajstić information content (AvgIpc) is 3.26. The number of rotatable bonds is 42. The number of aliphatic hydroxyl groups excluding tert-OH is 2. The zero-order valence-corrected chi connectivity index (χ0v) is 39.1. The molecule has 2 atom stereocenters. The number of allylic oxidation sites excluding steroid dienone is 23. The molecule has 4 heteroatoms. The summed E-state index contributed by atoms with van der Waals surface area (Å²) >= 11 is 0. The third kappa shape index (κ3) is 47.2. The molecule has 0 spiro atoms. The molecule has 3 N–H and O–H groups in total. The minimum absolute atomic E-state index is 0.105. The van der Waals surface area contributed by atoms with Gasteiger partial charge in [0.25, 0.3) is 0 Å². The molecule has 342 valence electrons. The molecule has 0 heterocycles. The molecular formula is C57H91NO3. The zero-order chi connectivity index (χ0) is 44.2. The van der Waals surface area contributed by atoms with E-state index < -0.39 is 12.1 Å². The number of unbranched alkanes of at least 4 members (excludes halogenated alkanes) is 13. The molecule has 0 aromatic carbocycles. The van der Waals surface area contributed by atoms with Crippen LogP contribution in [0.4, 0.5) is 0 Å². The molecule has 0 fully saturated rings. The van der Waals surface area contributed by atoms with Crippen LogP contribution in [0.25, 0.3) is 0 Å². The van der Waals surface area contributed by atoms with E-state index in [-0.39, 0.29) is 12.5 Å². The molecule has 61 heavy (non-hydrogen) atoms. The monoisotopic (exact) mass is 838 g/mol. The normalized spacial score (nSPS) is 14.2. The number of amides is 1. The average molecular weight is 838 g/mol. The summed E-state index contributed by atoms with van der Waals surface area (Å²) in [5.74, 6) is -0.105. The van der Waals surface area contributed by atoms with Crippen molar-refractivity contribution in [3.63, 3.8) is 0 Å². The van der Waals surface area contributed by atoms with Crippen LogP contribution < -0.4 is 5.32 Å². The van der Waals surface area contributed by atoms with E-state index in [0.29, 0.717) is 6.42 Å². The van der Waals surface area contributed by atoms with E-state index in [0.717, 1.165) is 116 Å². The van der Waals surface area contributed by atoms with Crippen LogP contribution in [0.2, 0.25) is 0 Å². The van der Waals surface area contributed by atoms with Crippen LogP contribution in [0.1, 0.15) is 187 Å². The first kappa shape index (κ1) is 57.3. The highest BCUT2D eigenvalue weighted by Crippen LogP contribution is 2.10. The van der Waals surface area contributed by atoms with E-state index in [1.54, 1.807) is 6.08 Å². The highest BCUT2D eigenvalue weighted by molar-refractivity contribution is 5.76.